The Morgan fingerprint density at radius 2 is 2.20 bits per heavy atom. The third-order valence-electron chi connectivity index (χ3n) is 2.15. The van der Waals surface area contributed by atoms with Crippen molar-refractivity contribution in [3.8, 4) is 0 Å². The fraction of sp³-hybridized carbons (Fsp3) is 0.273. The maximum atomic E-state index is 11.2. The summed E-state index contributed by atoms with van der Waals surface area (Å²) in [5, 5.41) is 0.922. The van der Waals surface area contributed by atoms with E-state index in [1.807, 2.05) is 30.3 Å². The van der Waals surface area contributed by atoms with E-state index < -0.39 is 0 Å². The summed E-state index contributed by atoms with van der Waals surface area (Å²) in [4.78, 5) is 15.6. The van der Waals surface area contributed by atoms with Gasteiger partial charge in [-0.3, -0.25) is 4.99 Å². The molecule has 0 N–H and O–H groups in total. The third kappa shape index (κ3) is 2.21. The van der Waals surface area contributed by atoms with Crippen molar-refractivity contribution in [2.75, 3.05) is 12.9 Å². The molecule has 3 nitrogen and oxygen atoms in total. The van der Waals surface area contributed by atoms with Crippen LogP contribution in [0, 0.1) is 0 Å². The number of esters is 1. The van der Waals surface area contributed by atoms with Crippen molar-refractivity contribution in [3.05, 3.63) is 35.9 Å². The van der Waals surface area contributed by atoms with Gasteiger partial charge in [0.1, 0.15) is 0 Å². The number of hydrogen-bond donors (Lipinski definition) is 0. The van der Waals surface area contributed by atoms with Crippen molar-refractivity contribution in [2.45, 2.75) is 6.04 Å². The zero-order chi connectivity index (χ0) is 10.7. The van der Waals surface area contributed by atoms with Crippen LogP contribution in [-0.2, 0) is 9.53 Å². The van der Waals surface area contributed by atoms with Gasteiger partial charge in [0.25, 0.3) is 0 Å². The monoisotopic (exact) mass is 221 g/mol. The zero-order valence-corrected chi connectivity index (χ0v) is 9.16. The molecule has 0 fully saturated rings. The Bertz CT molecular complexity index is 389. The van der Waals surface area contributed by atoms with Gasteiger partial charge >= 0.3 is 5.97 Å². The van der Waals surface area contributed by atoms with E-state index in [-0.39, 0.29) is 12.0 Å². The highest BCUT2D eigenvalue weighted by atomic mass is 32.2. The van der Waals surface area contributed by atoms with Crippen molar-refractivity contribution < 1.29 is 9.53 Å². The zero-order valence-electron chi connectivity index (χ0n) is 8.34. The summed E-state index contributed by atoms with van der Waals surface area (Å²) >= 11 is 1.60. The van der Waals surface area contributed by atoms with Crippen LogP contribution in [0.3, 0.4) is 0 Å². The van der Waals surface area contributed by atoms with E-state index in [0.717, 1.165) is 10.6 Å². The molecule has 1 aromatic rings. The highest BCUT2D eigenvalue weighted by Gasteiger charge is 2.25. The Morgan fingerprint density at radius 1 is 1.47 bits per heavy atom. The molecule has 0 saturated carbocycles. The number of rotatable bonds is 2. The average molecular weight is 221 g/mol. The van der Waals surface area contributed by atoms with Crippen molar-refractivity contribution in [3.63, 3.8) is 0 Å². The lowest BCUT2D eigenvalue weighted by Gasteiger charge is -2.00. The van der Waals surface area contributed by atoms with Crippen molar-refractivity contribution in [2.24, 2.45) is 4.99 Å². The first kappa shape index (κ1) is 10.2. The topological polar surface area (TPSA) is 38.7 Å². The number of hydrogen-bond acceptors (Lipinski definition) is 4. The number of ether oxygens (including phenoxy) is 1. The quantitative estimate of drug-likeness (QED) is 0.714. The van der Waals surface area contributed by atoms with Crippen LogP contribution in [0.1, 0.15) is 5.56 Å². The molecular formula is C11H11NO2S. The van der Waals surface area contributed by atoms with Gasteiger partial charge in [0.2, 0.25) is 0 Å². The summed E-state index contributed by atoms with van der Waals surface area (Å²) in [6.45, 7) is 0. The Kier molecular flexibility index (Phi) is 3.06. The van der Waals surface area contributed by atoms with E-state index >= 15 is 0 Å². The van der Waals surface area contributed by atoms with Gasteiger partial charge in [-0.2, -0.15) is 0 Å². The van der Waals surface area contributed by atoms with Crippen LogP contribution < -0.4 is 0 Å². The van der Waals surface area contributed by atoms with Gasteiger partial charge in [0.15, 0.2) is 6.04 Å². The Labute approximate surface area is 92.5 Å². The van der Waals surface area contributed by atoms with Gasteiger partial charge in [0, 0.05) is 11.3 Å². The standard InChI is InChI=1S/C11H11NO2S/c1-14-11(13)9-7-15-10(12-9)8-5-3-2-4-6-8/h2-6,9H,7H2,1H3/t9-/m0/s1. The predicted octanol–water partition coefficient (Wildman–Crippen LogP) is 1.72. The van der Waals surface area contributed by atoms with Gasteiger partial charge in [-0.15, -0.1) is 11.8 Å². The van der Waals surface area contributed by atoms with Gasteiger partial charge in [-0.05, 0) is 0 Å². The van der Waals surface area contributed by atoms with Crippen LogP contribution in [0.15, 0.2) is 35.3 Å². The molecular weight excluding hydrogens is 210 g/mol. The molecule has 0 radical (unpaired) electrons. The maximum Gasteiger partial charge on any atom is 0.331 e. The molecule has 1 aromatic carbocycles. The predicted molar refractivity (Wildman–Crippen MR) is 61.2 cm³/mol. The Hall–Kier alpha value is -1.29. The molecule has 0 aliphatic carbocycles. The second-order valence-corrected chi connectivity index (χ2v) is 4.16. The highest BCUT2D eigenvalue weighted by molar-refractivity contribution is 8.14. The highest BCUT2D eigenvalue weighted by Crippen LogP contribution is 2.23. The van der Waals surface area contributed by atoms with Gasteiger partial charge < -0.3 is 4.74 Å². The van der Waals surface area contributed by atoms with E-state index in [4.69, 9.17) is 0 Å². The van der Waals surface area contributed by atoms with E-state index in [1.165, 1.54) is 7.11 Å². The molecule has 0 bridgehead atoms. The van der Waals surface area contributed by atoms with Crippen molar-refractivity contribution >= 4 is 22.8 Å². The molecule has 0 unspecified atom stereocenters. The second kappa shape index (κ2) is 4.49. The molecule has 78 valence electrons. The smallest absolute Gasteiger partial charge is 0.331 e. The third-order valence-corrected chi connectivity index (χ3v) is 3.24. The van der Waals surface area contributed by atoms with E-state index in [9.17, 15) is 4.79 Å². The summed E-state index contributed by atoms with van der Waals surface area (Å²) in [5.74, 6) is 0.421. The first-order valence-corrected chi connectivity index (χ1v) is 5.63. The fourth-order valence-corrected chi connectivity index (χ4v) is 2.40. The van der Waals surface area contributed by atoms with E-state index in [0.29, 0.717) is 5.75 Å². The van der Waals surface area contributed by atoms with Crippen LogP contribution >= 0.6 is 11.8 Å². The number of aliphatic imine (C=N–C) groups is 1. The number of benzene rings is 1. The largest absolute Gasteiger partial charge is 0.467 e. The van der Waals surface area contributed by atoms with E-state index in [2.05, 4.69) is 9.73 Å². The molecule has 0 saturated heterocycles. The Balaban J connectivity index is 2.17. The van der Waals surface area contributed by atoms with Crippen LogP contribution in [0.25, 0.3) is 0 Å². The SMILES string of the molecule is COC(=O)[C@@H]1CSC(c2ccccc2)=N1. The van der Waals surface area contributed by atoms with Gasteiger partial charge in [0.05, 0.1) is 12.2 Å². The molecule has 2 rings (SSSR count). The lowest BCUT2D eigenvalue weighted by Crippen LogP contribution is -2.19. The van der Waals surface area contributed by atoms with Crippen LogP contribution in [-0.4, -0.2) is 29.9 Å². The molecule has 0 spiro atoms. The second-order valence-electron chi connectivity index (χ2n) is 3.15. The molecule has 1 heterocycles. The summed E-state index contributed by atoms with van der Waals surface area (Å²) in [5.41, 5.74) is 1.06. The summed E-state index contributed by atoms with van der Waals surface area (Å²) in [6.07, 6.45) is 0. The molecule has 1 aliphatic heterocycles. The number of thioether (sulfide) groups is 1. The van der Waals surface area contributed by atoms with E-state index in [1.54, 1.807) is 11.8 Å². The molecule has 0 aromatic heterocycles. The number of nitrogens with zero attached hydrogens (tertiary/aromatic N) is 1. The summed E-state index contributed by atoms with van der Waals surface area (Å²) in [7, 11) is 1.39. The van der Waals surface area contributed by atoms with Crippen molar-refractivity contribution in [1.29, 1.82) is 0 Å². The van der Waals surface area contributed by atoms with Gasteiger partial charge in [-0.25, -0.2) is 4.79 Å². The number of carbonyl (C=O) groups is 1. The Morgan fingerprint density at radius 3 is 2.87 bits per heavy atom. The molecule has 1 atom stereocenters. The number of carbonyl (C=O) groups excluding carboxylic acids is 1. The maximum absolute atomic E-state index is 11.2. The normalized spacial score (nSPS) is 19.8. The summed E-state index contributed by atoms with van der Waals surface area (Å²) in [6, 6.07) is 9.53. The minimum atomic E-state index is -0.338. The fourth-order valence-electron chi connectivity index (χ4n) is 1.37. The molecule has 4 heteroatoms. The first-order valence-electron chi connectivity index (χ1n) is 4.65. The molecule has 1 aliphatic rings. The van der Waals surface area contributed by atoms with Crippen LogP contribution in [0.5, 0.6) is 0 Å². The molecule has 15 heavy (non-hydrogen) atoms. The minimum Gasteiger partial charge on any atom is -0.467 e. The van der Waals surface area contributed by atoms with Crippen LogP contribution in [0.4, 0.5) is 0 Å². The number of methoxy groups -OCH3 is 1. The first-order chi connectivity index (χ1) is 7.31. The lowest BCUT2D eigenvalue weighted by molar-refractivity contribution is -0.141. The van der Waals surface area contributed by atoms with Crippen molar-refractivity contribution in [1.82, 2.24) is 0 Å². The lowest BCUT2D eigenvalue weighted by atomic mass is 10.2. The average Bonchev–Trinajstić information content (AvgIpc) is 2.78. The van der Waals surface area contributed by atoms with Crippen LogP contribution in [0.2, 0.25) is 0 Å². The van der Waals surface area contributed by atoms with Gasteiger partial charge in [-0.1, -0.05) is 30.3 Å². The molecule has 0 amide bonds. The summed E-state index contributed by atoms with van der Waals surface area (Å²) < 4.78 is 4.66. The minimum absolute atomic E-state index is 0.256.